The molecule has 0 radical (unpaired) electrons. The van der Waals surface area contributed by atoms with Gasteiger partial charge in [-0.1, -0.05) is 95.9 Å². The number of fused-ring (bicyclic) bond motifs is 5. The number of carboxylic acid groups (broad SMARTS) is 2. The van der Waals surface area contributed by atoms with Crippen molar-refractivity contribution >= 4 is 140 Å². The van der Waals surface area contributed by atoms with Crippen LogP contribution >= 0.6 is 33.9 Å². The van der Waals surface area contributed by atoms with Gasteiger partial charge in [-0.2, -0.15) is 0 Å². The average Bonchev–Trinajstić information content (AvgIpc) is 1.55. The quantitative estimate of drug-likeness (QED) is 0.0192. The number of hydrogen-bond acceptors (Lipinski definition) is 12. The molecular formula is C103H120F8IN11O8SSi2. The lowest BCUT2D eigenvalue weighted by Gasteiger charge is -2.44. The van der Waals surface area contributed by atoms with Crippen LogP contribution in [0.4, 0.5) is 35.1 Å². The lowest BCUT2D eigenvalue weighted by atomic mass is 9.91. The molecule has 6 N–H and O–H groups in total. The van der Waals surface area contributed by atoms with E-state index in [2.05, 4.69) is 159 Å². The van der Waals surface area contributed by atoms with Crippen molar-refractivity contribution in [2.45, 2.75) is 181 Å². The number of nitrogens with one attached hydrogen (secondary N) is 4. The number of aromatic amines is 1. The van der Waals surface area contributed by atoms with E-state index in [1.54, 1.807) is 113 Å². The van der Waals surface area contributed by atoms with E-state index < -0.39 is 51.7 Å². The summed E-state index contributed by atoms with van der Waals surface area (Å²) in [7, 11) is 0.213. The topological polar surface area (TPSA) is 234 Å². The van der Waals surface area contributed by atoms with Gasteiger partial charge in [-0.15, -0.1) is 11.3 Å². The Balaban J connectivity index is 0.000000161. The molecule has 3 fully saturated rings. The van der Waals surface area contributed by atoms with Gasteiger partial charge in [0, 0.05) is 146 Å². The maximum Gasteiger partial charge on any atom is 0.338 e. The molecule has 31 heteroatoms. The smallest absolute Gasteiger partial charge is 0.338 e. The molecule has 2 aliphatic heterocycles. The fourth-order valence-electron chi connectivity index (χ4n) is 19.5. The Labute approximate surface area is 797 Å². The van der Waals surface area contributed by atoms with E-state index in [0.29, 0.717) is 100 Å². The van der Waals surface area contributed by atoms with Gasteiger partial charge in [-0.25, -0.2) is 49.7 Å². The molecule has 3 aliphatic rings. The summed E-state index contributed by atoms with van der Waals surface area (Å²) in [6, 6.07) is 44.3. The molecule has 2 atom stereocenters. The molecule has 1 aliphatic carbocycles. The minimum Gasteiger partial charge on any atom is -0.478 e. The number of ketones is 3. The molecule has 19 nitrogen and oxygen atoms in total. The third-order valence-electron chi connectivity index (χ3n) is 25.9. The number of rotatable bonds is 19. The predicted molar refractivity (Wildman–Crippen MR) is 535 cm³/mol. The highest BCUT2D eigenvalue weighted by Gasteiger charge is 2.47. The number of Topliss-reactive ketones (excluding diaryl/α,β-unsaturated/α-hetero) is 3. The molecule has 14 aromatic rings. The fourth-order valence-corrected chi connectivity index (χ4v) is 33.7. The molecule has 0 unspecified atom stereocenters. The van der Waals surface area contributed by atoms with Gasteiger partial charge in [0.25, 0.3) is 5.91 Å². The number of carboxylic acids is 2. The van der Waals surface area contributed by atoms with E-state index in [4.69, 9.17) is 10.2 Å². The lowest BCUT2D eigenvalue weighted by molar-refractivity contribution is 0.0501. The van der Waals surface area contributed by atoms with E-state index in [-0.39, 0.29) is 79.7 Å². The van der Waals surface area contributed by atoms with E-state index >= 15 is 0 Å². The summed E-state index contributed by atoms with van der Waals surface area (Å²) >= 11 is 3.55. The number of aromatic carboxylic acids is 2. The first-order chi connectivity index (χ1) is 63.7. The summed E-state index contributed by atoms with van der Waals surface area (Å²) < 4.78 is 118. The van der Waals surface area contributed by atoms with Crippen LogP contribution in [-0.2, 0) is 0 Å². The van der Waals surface area contributed by atoms with Gasteiger partial charge in [0.1, 0.15) is 46.5 Å². The largest absolute Gasteiger partial charge is 0.478 e. The third kappa shape index (κ3) is 23.5. The Bertz CT molecular complexity index is 6040. The molecule has 8 heterocycles. The number of piperazine rings is 1. The van der Waals surface area contributed by atoms with Crippen LogP contribution in [0.15, 0.2) is 206 Å². The molecule has 6 aromatic heterocycles. The number of likely N-dealkylation sites (N-methyl/N-ethyl adjacent to an activating group) is 2. The molecule has 1 amide bonds. The van der Waals surface area contributed by atoms with Crippen LogP contribution in [0, 0.1) is 50.1 Å². The maximum atomic E-state index is 14.7. The monoisotopic (exact) mass is 2010 g/mol. The predicted octanol–water partition coefficient (Wildman–Crippen LogP) is 24.8. The first kappa shape index (κ1) is 105. The van der Waals surface area contributed by atoms with E-state index in [0.717, 1.165) is 59.6 Å². The second-order valence-corrected chi connectivity index (χ2v) is 49.1. The van der Waals surface area contributed by atoms with Gasteiger partial charge in [0.2, 0.25) is 0 Å². The standard InChI is InChI=1S/C19H28FNOSi.C18H26FNO2Si.C16H11F2NO.C15H9F2NO2.C11H16N4OS.C10H8FNO.C8H18N2.C6H4FI/c1-12(2)23(13(3)4,14(5)6)21-11-10-17-18(21)9-8-16(15(7)22)19(17)20;1-11(2)23(12(3)4,13(5)6)20-10-9-14-16(20)8-7-15(17(14)19)18(21)22;1-10(20)13-6-7-15-14(16(13)18)8-9-19(15)12-4-2-11(17)3-5-12;16-9-1-3-10(4-2-9)18-8-7-11-13(18)6-5-12(14(11)17)15(19)20;16-11(10-13-1-6-17-10)15-4-2-14(3-5-15)9-7-12-8-9;1-6(13)7-2-3-9-8(10(7)11)4-5-12-9;1-9-7-5-3-4-6-8(7)10-2;7-5-1-3-6(8)4-2-5/h8-14H,1-7H3;7-13H,1-6H3,(H,21,22);2-9H,1H3;1-8H,(H,19,20);1,6,9,12H,2-5,7-8H2;2-5,12H,1H3;7-10H,3-6H2,1-2H3;1-4H/t;;;;;;7-,8-;/m......0./s1. The van der Waals surface area contributed by atoms with Crippen LogP contribution in [0.2, 0.25) is 33.2 Å². The van der Waals surface area contributed by atoms with Crippen molar-refractivity contribution in [1.29, 1.82) is 0 Å². The summed E-state index contributed by atoms with van der Waals surface area (Å²) in [5.74, 6) is -6.82. The van der Waals surface area contributed by atoms with Crippen LogP contribution in [0.5, 0.6) is 0 Å². The van der Waals surface area contributed by atoms with Crippen LogP contribution in [0.3, 0.4) is 0 Å². The number of amides is 1. The zero-order valence-electron chi connectivity index (χ0n) is 78.7. The van der Waals surface area contributed by atoms with Gasteiger partial charge < -0.3 is 53.6 Å². The summed E-state index contributed by atoms with van der Waals surface area (Å²) in [5, 5.41) is 32.5. The van der Waals surface area contributed by atoms with E-state index in [1.807, 2.05) is 34.8 Å². The highest BCUT2D eigenvalue weighted by atomic mass is 127. The number of H-pyrrole nitrogens is 1. The number of aromatic nitrogens is 6. The summed E-state index contributed by atoms with van der Waals surface area (Å²) in [4.78, 5) is 79.4. The summed E-state index contributed by atoms with van der Waals surface area (Å²) in [6.45, 7) is 37.2. The van der Waals surface area contributed by atoms with E-state index in [1.165, 1.54) is 131 Å². The Morgan fingerprint density at radius 2 is 0.776 bits per heavy atom. The zero-order valence-corrected chi connectivity index (χ0v) is 83.7. The van der Waals surface area contributed by atoms with Crippen molar-refractivity contribution in [2.75, 3.05) is 53.4 Å². The van der Waals surface area contributed by atoms with E-state index in [9.17, 15) is 63.9 Å². The molecular weight excluding hydrogens is 1890 g/mol. The number of nitrogens with zero attached hydrogens (tertiary/aromatic N) is 7. The van der Waals surface area contributed by atoms with Gasteiger partial charge in [-0.05, 0) is 280 Å². The maximum absolute atomic E-state index is 14.7. The molecule has 712 valence electrons. The van der Waals surface area contributed by atoms with Crippen molar-refractivity contribution in [3.63, 3.8) is 0 Å². The zero-order chi connectivity index (χ0) is 98.1. The summed E-state index contributed by atoms with van der Waals surface area (Å²) in [5.41, 5.74) is 7.86. The van der Waals surface area contributed by atoms with Gasteiger partial charge in [0.05, 0.1) is 38.9 Å². The molecule has 8 aromatic carbocycles. The van der Waals surface area contributed by atoms with Crippen LogP contribution in [-0.4, -0.2) is 171 Å². The highest BCUT2D eigenvalue weighted by Crippen LogP contribution is 2.47. The molecule has 0 bridgehead atoms. The van der Waals surface area contributed by atoms with Gasteiger partial charge in [0.15, 0.2) is 38.8 Å². The Morgan fingerprint density at radius 3 is 1.11 bits per heavy atom. The molecule has 0 spiro atoms. The number of hydrogen-bond donors (Lipinski definition) is 6. The Hall–Kier alpha value is -11.0. The van der Waals surface area contributed by atoms with Crippen molar-refractivity contribution in [1.82, 2.24) is 53.3 Å². The lowest BCUT2D eigenvalue weighted by Crippen LogP contribution is -2.62. The van der Waals surface area contributed by atoms with Crippen LogP contribution in [0.25, 0.3) is 65.9 Å². The number of thiazole rings is 1. The highest BCUT2D eigenvalue weighted by molar-refractivity contribution is 14.1. The number of carbonyl (C=O) groups excluding carboxylic acids is 4. The second kappa shape index (κ2) is 46.9. The number of benzene rings is 8. The Kier molecular flexibility index (Phi) is 36.8. The average molecular weight is 2010 g/mol. The fraction of sp³-hybridized carbons (Fsp3) is 0.350. The number of halogens is 9. The molecule has 17 rings (SSSR count). The SMILES string of the molecule is CC(=O)c1ccc2[nH]ccc2c1F.CC(=O)c1ccc2c(ccn2-c2ccc(F)cc2)c1F.CC(=O)c1ccc2c(ccn2[Si](C(C)C)(C(C)C)C(C)C)c1F.CC(C)[Si](C(C)C)(C(C)C)n1ccc2c(F)c(C(=O)O)ccc21.CN[C@H]1CCCC[C@@H]1NC.Fc1ccc(I)cc1.O=C(O)c1ccc2c(ccn2-c2ccc(F)cc2)c1F.O=C(c1nccs1)N1CCN(C2CNC2)CC1. The number of carbonyl (C=O) groups is 6. The summed E-state index contributed by atoms with van der Waals surface area (Å²) in [6.07, 6.45) is 16.1. The van der Waals surface area contributed by atoms with Gasteiger partial charge in [-0.3, -0.25) is 24.1 Å². The first-order valence-corrected chi connectivity index (χ1v) is 51.3. The van der Waals surface area contributed by atoms with Crippen LogP contribution in [0.1, 0.15) is 191 Å². The molecule has 2 saturated heterocycles. The third-order valence-corrected chi connectivity index (χ3v) is 40.9. The first-order valence-electron chi connectivity index (χ1n) is 45.0. The van der Waals surface area contributed by atoms with Crippen LogP contribution < -0.4 is 16.0 Å². The van der Waals surface area contributed by atoms with Crippen molar-refractivity contribution in [3.05, 3.63) is 289 Å². The van der Waals surface area contributed by atoms with Crippen molar-refractivity contribution in [2.24, 2.45) is 0 Å². The van der Waals surface area contributed by atoms with Crippen molar-refractivity contribution < 1.29 is 74.1 Å². The second-order valence-electron chi connectivity index (χ2n) is 35.5. The molecule has 134 heavy (non-hydrogen) atoms. The Morgan fingerprint density at radius 1 is 0.433 bits per heavy atom. The van der Waals surface area contributed by atoms with Gasteiger partial charge >= 0.3 is 11.9 Å². The normalized spacial score (nSPS) is 14.6. The minimum absolute atomic E-state index is 0.0781. The van der Waals surface area contributed by atoms with Crippen molar-refractivity contribution in [3.8, 4) is 11.4 Å². The molecule has 1 saturated carbocycles. The minimum atomic E-state index is -1.98.